The number of hydrogen-bond acceptors (Lipinski definition) is 6. The molecule has 2 heterocycles. The van der Waals surface area contributed by atoms with Crippen molar-refractivity contribution in [1.82, 2.24) is 0 Å². The summed E-state index contributed by atoms with van der Waals surface area (Å²) in [5.41, 5.74) is 2.26. The summed E-state index contributed by atoms with van der Waals surface area (Å²) in [7, 11) is 0. The molecule has 4 unspecified atom stereocenters. The minimum absolute atomic E-state index is 0.0403. The molecule has 10 atom stereocenters. The van der Waals surface area contributed by atoms with Gasteiger partial charge in [-0.2, -0.15) is 0 Å². The molecular weight excluding hydrogens is 468 g/mol. The Balaban J connectivity index is 1.49. The minimum Gasteiger partial charge on any atom is -0.374 e. The minimum atomic E-state index is -0.782. The summed E-state index contributed by atoms with van der Waals surface area (Å²) in [5.74, 6) is 0.478. The molecule has 0 radical (unpaired) electrons. The van der Waals surface area contributed by atoms with Crippen LogP contribution in [0.1, 0.15) is 52.2 Å². The van der Waals surface area contributed by atoms with Crippen molar-refractivity contribution in [3.8, 4) is 0 Å². The number of aliphatic hydroxyl groups is 1. The summed E-state index contributed by atoms with van der Waals surface area (Å²) in [6.07, 6.45) is -1.38. The topological polar surface area (TPSA) is 66.4 Å². The summed E-state index contributed by atoms with van der Waals surface area (Å²) in [6.45, 7) is 12.1. The first kappa shape index (κ1) is 28.2. The molecule has 2 fully saturated rings. The molecule has 1 N–H and O–H groups in total. The molecule has 0 saturated carbocycles. The monoisotopic (exact) mass is 512 g/mol. The Kier molecular flexibility index (Phi) is 10.2. The highest BCUT2D eigenvalue weighted by atomic mass is 16.7. The molecule has 0 amide bonds. The quantitative estimate of drug-likeness (QED) is 0.449. The normalized spacial score (nSPS) is 36.4. The van der Waals surface area contributed by atoms with Crippen LogP contribution in [0.2, 0.25) is 0 Å². The maximum absolute atomic E-state index is 10.4. The van der Waals surface area contributed by atoms with Gasteiger partial charge in [-0.1, -0.05) is 95.3 Å². The van der Waals surface area contributed by atoms with Gasteiger partial charge < -0.3 is 28.8 Å². The van der Waals surface area contributed by atoms with Crippen molar-refractivity contribution in [1.29, 1.82) is 0 Å². The van der Waals surface area contributed by atoms with E-state index < -0.39 is 12.6 Å². The summed E-state index contributed by atoms with van der Waals surface area (Å²) >= 11 is 0. The van der Waals surface area contributed by atoms with E-state index in [1.165, 1.54) is 0 Å². The summed E-state index contributed by atoms with van der Waals surface area (Å²) < 4.78 is 31.9. The van der Waals surface area contributed by atoms with Gasteiger partial charge in [0.1, 0.15) is 6.10 Å². The zero-order chi connectivity index (χ0) is 26.4. The molecule has 4 rings (SSSR count). The van der Waals surface area contributed by atoms with Crippen molar-refractivity contribution in [2.75, 3.05) is 6.61 Å². The summed E-state index contributed by atoms with van der Waals surface area (Å²) in [6, 6.07) is 20.4. The highest BCUT2D eigenvalue weighted by Crippen LogP contribution is 2.39. The van der Waals surface area contributed by atoms with Gasteiger partial charge in [0.15, 0.2) is 12.6 Å². The zero-order valence-corrected chi connectivity index (χ0v) is 22.9. The summed E-state index contributed by atoms with van der Waals surface area (Å²) in [5, 5.41) is 10.4. The average Bonchev–Trinajstić information content (AvgIpc) is 2.92. The molecule has 6 nitrogen and oxygen atoms in total. The van der Waals surface area contributed by atoms with Gasteiger partial charge in [-0.25, -0.2) is 0 Å². The van der Waals surface area contributed by atoms with E-state index in [-0.39, 0.29) is 48.1 Å². The second-order valence-corrected chi connectivity index (χ2v) is 10.8. The van der Waals surface area contributed by atoms with E-state index in [2.05, 4.69) is 52.0 Å². The Morgan fingerprint density at radius 1 is 0.703 bits per heavy atom. The lowest BCUT2D eigenvalue weighted by Gasteiger charge is -2.48. The Bertz CT molecular complexity index is 920. The van der Waals surface area contributed by atoms with E-state index in [0.717, 1.165) is 17.5 Å². The van der Waals surface area contributed by atoms with E-state index in [9.17, 15) is 5.11 Å². The van der Waals surface area contributed by atoms with Crippen molar-refractivity contribution >= 4 is 0 Å². The highest BCUT2D eigenvalue weighted by molar-refractivity contribution is 5.14. The standard InChI is InChI=1S/C31H44O6/c1-6-26-28(22(4)23(5)30(32)35-26)37-31-29(34-18-25-15-11-8-12-16-25)21(3)20(2)27(36-31)19-33-17-24-13-9-7-10-14-24/h7-16,20-23,26-32H,6,17-19H2,1-5H3/t20-,21+,22-,23?,26?,27?,28+,29?,30-,31+/m1/s1. The van der Waals surface area contributed by atoms with Gasteiger partial charge in [0.05, 0.1) is 38.1 Å². The third-order valence-corrected chi connectivity index (χ3v) is 8.36. The fourth-order valence-electron chi connectivity index (χ4n) is 5.40. The van der Waals surface area contributed by atoms with Crippen molar-refractivity contribution in [3.05, 3.63) is 71.8 Å². The lowest BCUT2D eigenvalue weighted by molar-refractivity contribution is -0.336. The Morgan fingerprint density at radius 2 is 1.30 bits per heavy atom. The van der Waals surface area contributed by atoms with E-state index in [1.54, 1.807) is 0 Å². The van der Waals surface area contributed by atoms with Crippen LogP contribution >= 0.6 is 0 Å². The molecule has 204 valence electrons. The smallest absolute Gasteiger partial charge is 0.184 e. The molecular formula is C31H44O6. The average molecular weight is 513 g/mol. The third kappa shape index (κ3) is 6.99. The first-order chi connectivity index (χ1) is 17.9. The fourth-order valence-corrected chi connectivity index (χ4v) is 5.40. The van der Waals surface area contributed by atoms with Crippen LogP contribution in [0.15, 0.2) is 60.7 Å². The van der Waals surface area contributed by atoms with Crippen LogP contribution in [0, 0.1) is 23.7 Å². The molecule has 2 aromatic carbocycles. The molecule has 0 spiro atoms. The van der Waals surface area contributed by atoms with Gasteiger partial charge in [-0.05, 0) is 35.3 Å². The van der Waals surface area contributed by atoms with E-state index in [1.807, 2.05) is 43.3 Å². The second-order valence-electron chi connectivity index (χ2n) is 10.8. The number of benzene rings is 2. The largest absolute Gasteiger partial charge is 0.374 e. The lowest BCUT2D eigenvalue weighted by Crippen LogP contribution is -2.57. The summed E-state index contributed by atoms with van der Waals surface area (Å²) in [4.78, 5) is 0. The first-order valence-corrected chi connectivity index (χ1v) is 13.8. The van der Waals surface area contributed by atoms with Crippen LogP contribution in [-0.4, -0.2) is 48.7 Å². The Morgan fingerprint density at radius 3 is 1.92 bits per heavy atom. The fraction of sp³-hybridized carbons (Fsp3) is 0.613. The second kappa shape index (κ2) is 13.3. The van der Waals surface area contributed by atoms with Crippen LogP contribution in [0.4, 0.5) is 0 Å². The zero-order valence-electron chi connectivity index (χ0n) is 22.9. The number of hydrogen-bond donors (Lipinski definition) is 1. The van der Waals surface area contributed by atoms with Gasteiger partial charge in [-0.15, -0.1) is 0 Å². The maximum Gasteiger partial charge on any atom is 0.184 e. The van der Waals surface area contributed by atoms with E-state index in [0.29, 0.717) is 19.8 Å². The number of rotatable bonds is 10. The van der Waals surface area contributed by atoms with Gasteiger partial charge in [-0.3, -0.25) is 0 Å². The molecule has 2 saturated heterocycles. The lowest BCUT2D eigenvalue weighted by atomic mass is 9.82. The van der Waals surface area contributed by atoms with Crippen LogP contribution in [0.5, 0.6) is 0 Å². The van der Waals surface area contributed by atoms with Crippen molar-refractivity contribution in [2.45, 2.75) is 91.2 Å². The van der Waals surface area contributed by atoms with E-state index in [4.69, 9.17) is 23.7 Å². The van der Waals surface area contributed by atoms with Crippen LogP contribution in [0.3, 0.4) is 0 Å². The van der Waals surface area contributed by atoms with Crippen molar-refractivity contribution < 1.29 is 28.8 Å². The maximum atomic E-state index is 10.4. The third-order valence-electron chi connectivity index (χ3n) is 8.36. The van der Waals surface area contributed by atoms with Gasteiger partial charge in [0, 0.05) is 5.92 Å². The van der Waals surface area contributed by atoms with Crippen LogP contribution in [-0.2, 0) is 36.9 Å². The van der Waals surface area contributed by atoms with Crippen LogP contribution < -0.4 is 0 Å². The van der Waals surface area contributed by atoms with Crippen LogP contribution in [0.25, 0.3) is 0 Å². The Labute approximate surface area is 222 Å². The molecule has 0 aromatic heterocycles. The SMILES string of the molecule is CCC1O[C@@H](O)C(C)[C@@H](C)[C@@H]1O[C@@H]1OC(COCc2ccccc2)[C@H](C)[C@H](C)C1OCc1ccccc1. The molecule has 37 heavy (non-hydrogen) atoms. The molecule has 6 heteroatoms. The predicted molar refractivity (Wildman–Crippen MR) is 142 cm³/mol. The molecule has 0 bridgehead atoms. The van der Waals surface area contributed by atoms with Crippen molar-refractivity contribution in [2.24, 2.45) is 23.7 Å². The first-order valence-electron chi connectivity index (χ1n) is 13.8. The highest BCUT2D eigenvalue weighted by Gasteiger charge is 2.47. The number of aliphatic hydroxyl groups excluding tert-OH is 1. The van der Waals surface area contributed by atoms with Gasteiger partial charge in [0.2, 0.25) is 0 Å². The van der Waals surface area contributed by atoms with Crippen molar-refractivity contribution in [3.63, 3.8) is 0 Å². The number of ether oxygens (including phenoxy) is 5. The van der Waals surface area contributed by atoms with Gasteiger partial charge in [0.25, 0.3) is 0 Å². The van der Waals surface area contributed by atoms with E-state index >= 15 is 0 Å². The molecule has 2 aromatic rings. The molecule has 0 aliphatic carbocycles. The molecule has 2 aliphatic heterocycles. The Hall–Kier alpha value is -1.80. The predicted octanol–water partition coefficient (Wildman–Crippen LogP) is 5.57. The van der Waals surface area contributed by atoms with Gasteiger partial charge >= 0.3 is 0 Å². The molecule has 2 aliphatic rings.